The number of furan rings is 1. The highest BCUT2D eigenvalue weighted by molar-refractivity contribution is 5.93. The molecule has 0 aliphatic carbocycles. The molecule has 0 aromatic carbocycles. The molecular formula is C17H18N6O2. The van der Waals surface area contributed by atoms with E-state index < -0.39 is 0 Å². The Morgan fingerprint density at radius 1 is 1.28 bits per heavy atom. The zero-order valence-corrected chi connectivity index (χ0v) is 13.6. The van der Waals surface area contributed by atoms with Crippen molar-refractivity contribution < 1.29 is 9.21 Å². The van der Waals surface area contributed by atoms with Gasteiger partial charge in [0.15, 0.2) is 11.5 Å². The lowest BCUT2D eigenvalue weighted by Gasteiger charge is -2.32. The highest BCUT2D eigenvalue weighted by Gasteiger charge is 2.25. The Morgan fingerprint density at radius 2 is 2.16 bits per heavy atom. The van der Waals surface area contributed by atoms with Crippen molar-refractivity contribution >= 4 is 11.7 Å². The van der Waals surface area contributed by atoms with Crippen LogP contribution in [0.15, 0.2) is 47.2 Å². The molecule has 1 aliphatic rings. The average Bonchev–Trinajstić information content (AvgIpc) is 3.34. The molecule has 1 fully saturated rings. The summed E-state index contributed by atoms with van der Waals surface area (Å²) in [6.07, 6.45) is 4.95. The summed E-state index contributed by atoms with van der Waals surface area (Å²) in [5.74, 6) is 1.37. The third kappa shape index (κ3) is 3.37. The number of hydrogen-bond acceptors (Lipinski definition) is 6. The molecule has 0 saturated carbocycles. The molecule has 1 aliphatic heterocycles. The van der Waals surface area contributed by atoms with E-state index in [-0.39, 0.29) is 5.91 Å². The minimum atomic E-state index is -0.0630. The van der Waals surface area contributed by atoms with Crippen molar-refractivity contribution in [3.63, 3.8) is 0 Å². The van der Waals surface area contributed by atoms with Crippen LogP contribution >= 0.6 is 0 Å². The highest BCUT2D eigenvalue weighted by atomic mass is 16.3. The van der Waals surface area contributed by atoms with Crippen LogP contribution in [0.25, 0.3) is 11.5 Å². The van der Waals surface area contributed by atoms with Crippen LogP contribution < -0.4 is 5.32 Å². The van der Waals surface area contributed by atoms with Crippen LogP contribution in [0.2, 0.25) is 0 Å². The number of aromatic amines is 1. The number of aromatic nitrogens is 4. The van der Waals surface area contributed by atoms with Crippen LogP contribution in [0.5, 0.6) is 0 Å². The van der Waals surface area contributed by atoms with Crippen LogP contribution in [-0.4, -0.2) is 50.3 Å². The number of anilines is 1. The number of piperidine rings is 1. The van der Waals surface area contributed by atoms with Crippen molar-refractivity contribution in [1.29, 1.82) is 0 Å². The van der Waals surface area contributed by atoms with Crippen molar-refractivity contribution in [2.75, 3.05) is 18.4 Å². The molecule has 25 heavy (non-hydrogen) atoms. The zero-order chi connectivity index (χ0) is 17.1. The Morgan fingerprint density at radius 3 is 2.88 bits per heavy atom. The molecule has 4 rings (SSSR count). The van der Waals surface area contributed by atoms with Gasteiger partial charge in [-0.1, -0.05) is 0 Å². The van der Waals surface area contributed by atoms with Crippen molar-refractivity contribution in [3.05, 3.63) is 48.5 Å². The normalized spacial score (nSPS) is 15.3. The standard InChI is InChI=1S/C17H18N6O2/c24-17(14-11-13(20-21-14)15-3-2-10-25-15)23-8-5-12(6-9-23)19-16-4-1-7-18-22-16/h1-4,7,10-12H,5-6,8-9H2,(H,19,22)(H,20,21). The van der Waals surface area contributed by atoms with Gasteiger partial charge in [0.05, 0.1) is 6.26 Å². The molecule has 1 saturated heterocycles. The Bertz CT molecular complexity index is 822. The number of H-pyrrole nitrogens is 1. The molecular weight excluding hydrogens is 320 g/mol. The lowest BCUT2D eigenvalue weighted by Crippen LogP contribution is -2.42. The third-order valence-electron chi connectivity index (χ3n) is 4.29. The minimum Gasteiger partial charge on any atom is -0.463 e. The molecule has 0 unspecified atom stereocenters. The van der Waals surface area contributed by atoms with E-state index in [1.807, 2.05) is 23.1 Å². The number of carbonyl (C=O) groups is 1. The third-order valence-corrected chi connectivity index (χ3v) is 4.29. The fourth-order valence-electron chi connectivity index (χ4n) is 2.97. The first-order valence-corrected chi connectivity index (χ1v) is 8.22. The van der Waals surface area contributed by atoms with Crippen molar-refractivity contribution in [2.45, 2.75) is 18.9 Å². The number of likely N-dealkylation sites (tertiary alicyclic amines) is 1. The van der Waals surface area contributed by atoms with Crippen molar-refractivity contribution in [3.8, 4) is 11.5 Å². The maximum Gasteiger partial charge on any atom is 0.274 e. The Kier molecular flexibility index (Phi) is 4.16. The summed E-state index contributed by atoms with van der Waals surface area (Å²) < 4.78 is 5.31. The van der Waals surface area contributed by atoms with Gasteiger partial charge in [-0.3, -0.25) is 9.89 Å². The van der Waals surface area contributed by atoms with Crippen LogP contribution in [0.4, 0.5) is 5.82 Å². The van der Waals surface area contributed by atoms with E-state index in [0.717, 1.165) is 18.7 Å². The van der Waals surface area contributed by atoms with Gasteiger partial charge in [-0.25, -0.2) is 0 Å². The summed E-state index contributed by atoms with van der Waals surface area (Å²) in [7, 11) is 0. The maximum atomic E-state index is 12.6. The molecule has 1 amide bonds. The SMILES string of the molecule is O=C(c1cc(-c2ccco2)[nH]n1)N1CCC(Nc2cccnn2)CC1. The number of amides is 1. The molecule has 3 aromatic heterocycles. The van der Waals surface area contributed by atoms with Gasteiger partial charge in [0.2, 0.25) is 0 Å². The van der Waals surface area contributed by atoms with Crippen LogP contribution in [0, 0.1) is 0 Å². The number of rotatable bonds is 4. The Balaban J connectivity index is 1.35. The van der Waals surface area contributed by atoms with Crippen LogP contribution in [0.1, 0.15) is 23.3 Å². The number of nitrogens with one attached hydrogen (secondary N) is 2. The Labute approximate surface area is 144 Å². The van der Waals surface area contributed by atoms with Gasteiger partial charge in [0.1, 0.15) is 11.5 Å². The maximum absolute atomic E-state index is 12.6. The van der Waals surface area contributed by atoms with E-state index in [1.54, 1.807) is 24.6 Å². The first-order chi connectivity index (χ1) is 12.3. The van der Waals surface area contributed by atoms with Gasteiger partial charge in [0, 0.05) is 31.4 Å². The molecule has 3 aromatic rings. The summed E-state index contributed by atoms with van der Waals surface area (Å²) in [4.78, 5) is 14.4. The van der Waals surface area contributed by atoms with Gasteiger partial charge in [-0.05, 0) is 37.1 Å². The van der Waals surface area contributed by atoms with Crippen molar-refractivity contribution in [1.82, 2.24) is 25.3 Å². The predicted molar refractivity (Wildman–Crippen MR) is 90.9 cm³/mol. The second kappa shape index (κ2) is 6.76. The molecule has 2 N–H and O–H groups in total. The molecule has 0 radical (unpaired) electrons. The Hall–Kier alpha value is -3.16. The zero-order valence-electron chi connectivity index (χ0n) is 13.6. The number of nitrogens with zero attached hydrogens (tertiary/aromatic N) is 4. The predicted octanol–water partition coefficient (Wildman–Crippen LogP) is 2.18. The number of carbonyl (C=O) groups excluding carboxylic acids is 1. The second-order valence-electron chi connectivity index (χ2n) is 5.96. The molecule has 0 spiro atoms. The fraction of sp³-hybridized carbons (Fsp3) is 0.294. The molecule has 0 atom stereocenters. The monoisotopic (exact) mass is 338 g/mol. The van der Waals surface area contributed by atoms with Gasteiger partial charge in [-0.2, -0.15) is 10.2 Å². The van der Waals surface area contributed by atoms with E-state index in [2.05, 4.69) is 25.7 Å². The van der Waals surface area contributed by atoms with Gasteiger partial charge < -0.3 is 14.6 Å². The summed E-state index contributed by atoms with van der Waals surface area (Å²) in [6, 6.07) is 9.38. The molecule has 4 heterocycles. The fourth-order valence-corrected chi connectivity index (χ4v) is 2.97. The van der Waals surface area contributed by atoms with Crippen LogP contribution in [0.3, 0.4) is 0 Å². The molecule has 0 bridgehead atoms. The lowest BCUT2D eigenvalue weighted by molar-refractivity contribution is 0.0712. The highest BCUT2D eigenvalue weighted by Crippen LogP contribution is 2.20. The first-order valence-electron chi connectivity index (χ1n) is 8.22. The van der Waals surface area contributed by atoms with E-state index in [1.165, 1.54) is 0 Å². The van der Waals surface area contributed by atoms with Gasteiger partial charge >= 0.3 is 0 Å². The lowest BCUT2D eigenvalue weighted by atomic mass is 10.0. The topological polar surface area (TPSA) is 99.9 Å². The van der Waals surface area contributed by atoms with Crippen molar-refractivity contribution in [2.24, 2.45) is 0 Å². The second-order valence-corrected chi connectivity index (χ2v) is 5.96. The molecule has 8 heteroatoms. The van der Waals surface area contributed by atoms with E-state index >= 15 is 0 Å². The van der Waals surface area contributed by atoms with E-state index in [4.69, 9.17) is 4.42 Å². The van der Waals surface area contributed by atoms with Crippen LogP contribution in [-0.2, 0) is 0 Å². The van der Waals surface area contributed by atoms with E-state index in [0.29, 0.717) is 36.3 Å². The quantitative estimate of drug-likeness (QED) is 0.756. The average molecular weight is 338 g/mol. The molecule has 8 nitrogen and oxygen atoms in total. The first kappa shape index (κ1) is 15.4. The largest absolute Gasteiger partial charge is 0.463 e. The minimum absolute atomic E-state index is 0.0630. The molecule has 128 valence electrons. The smallest absolute Gasteiger partial charge is 0.274 e. The van der Waals surface area contributed by atoms with Gasteiger partial charge in [-0.15, -0.1) is 5.10 Å². The summed E-state index contributed by atoms with van der Waals surface area (Å²) in [5.41, 5.74) is 1.11. The van der Waals surface area contributed by atoms with Gasteiger partial charge in [0.25, 0.3) is 5.91 Å². The summed E-state index contributed by atoms with van der Waals surface area (Å²) in [6.45, 7) is 1.36. The summed E-state index contributed by atoms with van der Waals surface area (Å²) in [5, 5.41) is 18.2. The summed E-state index contributed by atoms with van der Waals surface area (Å²) >= 11 is 0. The van der Waals surface area contributed by atoms with E-state index in [9.17, 15) is 4.79 Å². The number of hydrogen-bond donors (Lipinski definition) is 2.